The first-order chi connectivity index (χ1) is 3.13. The number of carboxylic acid groups (broad SMARTS) is 1. The zero-order valence-electron chi connectivity index (χ0n) is 3.88. The van der Waals surface area contributed by atoms with Gasteiger partial charge in [-0.3, -0.25) is 0 Å². The molecule has 0 aliphatic carbocycles. The number of carbonyl (C=O) groups is 1. The molecule has 0 aliphatic heterocycles. The van der Waals surface area contributed by atoms with Gasteiger partial charge >= 0.3 is 6.09 Å². The minimum Gasteiger partial charge on any atom is -0.463 e. The van der Waals surface area contributed by atoms with Gasteiger partial charge in [-0.2, -0.15) is 4.99 Å². The molecule has 1 amide bonds. The van der Waals surface area contributed by atoms with E-state index >= 15 is 0 Å². The van der Waals surface area contributed by atoms with Crippen molar-refractivity contribution in [2.24, 2.45) is 10.7 Å². The van der Waals surface area contributed by atoms with Crippen LogP contribution < -0.4 is 5.73 Å². The number of rotatable bonds is 0. The molecule has 4 nitrogen and oxygen atoms in total. The second-order valence-electron chi connectivity index (χ2n) is 1.04. The Morgan fingerprint density at radius 3 is 2.43 bits per heavy atom. The third-order valence-corrected chi connectivity index (χ3v) is 0.272. The minimum absolute atomic E-state index is 0. The lowest BCUT2D eigenvalue weighted by molar-refractivity contribution is 0.205. The lowest BCUT2D eigenvalue weighted by Crippen LogP contribution is -2.07. The minimum atomic E-state index is -1.25. The summed E-state index contributed by atoms with van der Waals surface area (Å²) in [4.78, 5) is 12.4. The molecule has 0 spiro atoms. The number of nitrogens with zero attached hydrogens (tertiary/aromatic N) is 1. The van der Waals surface area contributed by atoms with E-state index in [9.17, 15) is 4.79 Å². The third-order valence-electron chi connectivity index (χ3n) is 0.272. The molecule has 0 fully saturated rings. The summed E-state index contributed by atoms with van der Waals surface area (Å²) in [5.41, 5.74) is 4.86. The third kappa shape index (κ3) is 4.94. The van der Waals surface area contributed by atoms with Gasteiger partial charge in [-0.05, 0) is 6.92 Å². The zero-order chi connectivity index (χ0) is 5.86. The van der Waals surface area contributed by atoms with E-state index in [1.165, 1.54) is 6.92 Å². The highest BCUT2D eigenvalue weighted by atomic mass is 16.4. The van der Waals surface area contributed by atoms with E-state index in [4.69, 9.17) is 10.8 Å². The fourth-order valence-corrected chi connectivity index (χ4v) is 0.151. The Kier molecular flexibility index (Phi) is 1.84. The topological polar surface area (TPSA) is 75.7 Å². The summed E-state index contributed by atoms with van der Waals surface area (Å²) >= 11 is 0. The van der Waals surface area contributed by atoms with E-state index in [1.54, 1.807) is 0 Å². The summed E-state index contributed by atoms with van der Waals surface area (Å²) < 4.78 is 0. The number of amidine groups is 1. The number of hydrogen-bond acceptors (Lipinski definition) is 1. The maximum atomic E-state index is 9.54. The molecule has 0 rings (SSSR count). The number of nitrogens with two attached hydrogens (primary N) is 1. The van der Waals surface area contributed by atoms with Gasteiger partial charge in [0.15, 0.2) is 0 Å². The first-order valence-electron chi connectivity index (χ1n) is 1.66. The van der Waals surface area contributed by atoms with Crippen molar-refractivity contribution in [3.63, 3.8) is 0 Å². The van der Waals surface area contributed by atoms with Crippen LogP contribution in [0.15, 0.2) is 4.99 Å². The van der Waals surface area contributed by atoms with Crippen LogP contribution in [0, 0.1) is 0 Å². The SMILES string of the molecule is C/C(N)=N/C(=O)O.[HH]. The zero-order valence-corrected chi connectivity index (χ0v) is 3.88. The van der Waals surface area contributed by atoms with Gasteiger partial charge in [-0.25, -0.2) is 4.79 Å². The highest BCUT2D eigenvalue weighted by molar-refractivity contribution is 5.87. The Balaban J connectivity index is 0. The predicted octanol–water partition coefficient (Wildman–Crippen LogP) is 0.287. The Hall–Kier alpha value is -1.06. The second-order valence-corrected chi connectivity index (χ2v) is 1.04. The van der Waals surface area contributed by atoms with Crippen LogP contribution in [0.5, 0.6) is 0 Å². The lowest BCUT2D eigenvalue weighted by Gasteiger charge is -1.80. The Morgan fingerprint density at radius 1 is 2.00 bits per heavy atom. The smallest absolute Gasteiger partial charge is 0.432 e. The fraction of sp³-hybridized carbons (Fsp3) is 0.333. The van der Waals surface area contributed by atoms with Crippen molar-refractivity contribution in [1.29, 1.82) is 0 Å². The number of aliphatic imine (C=N–C) groups is 1. The number of hydrogen-bond donors (Lipinski definition) is 2. The standard InChI is InChI=1S/C3H6N2O2.H2/c1-2(4)5-3(6)7;/h1H3,(H2,4,5)(H,6,7);1H. The van der Waals surface area contributed by atoms with E-state index < -0.39 is 6.09 Å². The van der Waals surface area contributed by atoms with Crippen LogP contribution in [0.2, 0.25) is 0 Å². The van der Waals surface area contributed by atoms with Crippen LogP contribution in [0.25, 0.3) is 0 Å². The van der Waals surface area contributed by atoms with Crippen molar-refractivity contribution in [1.82, 2.24) is 0 Å². The molecular formula is C3H8N2O2. The predicted molar refractivity (Wildman–Crippen MR) is 27.4 cm³/mol. The van der Waals surface area contributed by atoms with Crippen LogP contribution >= 0.6 is 0 Å². The van der Waals surface area contributed by atoms with Gasteiger partial charge in [-0.1, -0.05) is 0 Å². The molecule has 0 bridgehead atoms. The summed E-state index contributed by atoms with van der Waals surface area (Å²) in [6.07, 6.45) is -1.25. The van der Waals surface area contributed by atoms with Gasteiger partial charge in [0.25, 0.3) is 0 Å². The Morgan fingerprint density at radius 2 is 2.43 bits per heavy atom. The molecule has 0 atom stereocenters. The molecule has 0 saturated carbocycles. The molecule has 7 heavy (non-hydrogen) atoms. The maximum Gasteiger partial charge on any atom is 0.432 e. The second kappa shape index (κ2) is 2.17. The van der Waals surface area contributed by atoms with Crippen LogP contribution in [0.4, 0.5) is 4.79 Å². The molecule has 3 N–H and O–H groups in total. The van der Waals surface area contributed by atoms with Gasteiger partial charge in [0.1, 0.15) is 5.84 Å². The van der Waals surface area contributed by atoms with E-state index in [0.29, 0.717) is 0 Å². The molecule has 0 aromatic heterocycles. The molecule has 42 valence electrons. The highest BCUT2D eigenvalue weighted by Gasteiger charge is 1.85. The van der Waals surface area contributed by atoms with Crippen molar-refractivity contribution in [3.05, 3.63) is 0 Å². The van der Waals surface area contributed by atoms with Crippen molar-refractivity contribution in [2.75, 3.05) is 0 Å². The van der Waals surface area contributed by atoms with Gasteiger partial charge in [0, 0.05) is 1.43 Å². The van der Waals surface area contributed by atoms with Crippen LogP contribution in [-0.2, 0) is 0 Å². The van der Waals surface area contributed by atoms with E-state index in [1.807, 2.05) is 0 Å². The van der Waals surface area contributed by atoms with Gasteiger partial charge in [0.05, 0.1) is 0 Å². The summed E-state index contributed by atoms with van der Waals surface area (Å²) in [6, 6.07) is 0. The Bertz CT molecular complexity index is 108. The first-order valence-corrected chi connectivity index (χ1v) is 1.66. The molecule has 0 saturated heterocycles. The molecular weight excluding hydrogens is 96.0 g/mol. The first kappa shape index (κ1) is 5.94. The highest BCUT2D eigenvalue weighted by Crippen LogP contribution is 1.68. The normalized spacial score (nSPS) is 11.3. The summed E-state index contributed by atoms with van der Waals surface area (Å²) in [5, 5.41) is 7.82. The van der Waals surface area contributed by atoms with Gasteiger partial charge in [0.2, 0.25) is 0 Å². The van der Waals surface area contributed by atoms with Crippen molar-refractivity contribution < 1.29 is 11.3 Å². The molecule has 0 aliphatic rings. The lowest BCUT2D eigenvalue weighted by atomic mass is 10.7. The van der Waals surface area contributed by atoms with Gasteiger partial charge in [-0.15, -0.1) is 0 Å². The summed E-state index contributed by atoms with van der Waals surface area (Å²) in [7, 11) is 0. The van der Waals surface area contributed by atoms with Gasteiger partial charge < -0.3 is 10.8 Å². The molecule has 0 unspecified atom stereocenters. The quantitative estimate of drug-likeness (QED) is 0.342. The van der Waals surface area contributed by atoms with E-state index in [0.717, 1.165) is 0 Å². The monoisotopic (exact) mass is 104 g/mol. The molecule has 0 radical (unpaired) electrons. The molecule has 0 aromatic rings. The average Bonchev–Trinajstić information content (AvgIpc) is 1.27. The fourth-order valence-electron chi connectivity index (χ4n) is 0.151. The van der Waals surface area contributed by atoms with Crippen LogP contribution in [0.3, 0.4) is 0 Å². The average molecular weight is 104 g/mol. The summed E-state index contributed by atoms with van der Waals surface area (Å²) in [6.45, 7) is 1.41. The van der Waals surface area contributed by atoms with Crippen molar-refractivity contribution >= 4 is 11.9 Å². The molecule has 4 heteroatoms. The van der Waals surface area contributed by atoms with Crippen LogP contribution in [-0.4, -0.2) is 17.0 Å². The van der Waals surface area contributed by atoms with E-state index in [-0.39, 0.29) is 7.26 Å². The van der Waals surface area contributed by atoms with Crippen LogP contribution in [0.1, 0.15) is 8.35 Å². The molecule has 0 aromatic carbocycles. The van der Waals surface area contributed by atoms with Crippen molar-refractivity contribution in [2.45, 2.75) is 6.92 Å². The molecule has 0 heterocycles. The largest absolute Gasteiger partial charge is 0.463 e. The number of amides is 1. The maximum absolute atomic E-state index is 9.54. The Labute approximate surface area is 42.1 Å². The summed E-state index contributed by atoms with van der Waals surface area (Å²) in [5.74, 6) is 0.0625. The van der Waals surface area contributed by atoms with E-state index in [2.05, 4.69) is 4.99 Å². The van der Waals surface area contributed by atoms with Crippen molar-refractivity contribution in [3.8, 4) is 0 Å².